The molecule has 0 aliphatic carbocycles. The van der Waals surface area contributed by atoms with Crippen LogP contribution in [0.4, 0.5) is 0 Å². The summed E-state index contributed by atoms with van der Waals surface area (Å²) in [5, 5.41) is 4.41. The average Bonchev–Trinajstić information content (AvgIpc) is 3.08. The van der Waals surface area contributed by atoms with Crippen molar-refractivity contribution < 1.29 is 4.79 Å². The van der Waals surface area contributed by atoms with Crippen molar-refractivity contribution in [1.82, 2.24) is 24.2 Å². The first-order valence-corrected chi connectivity index (χ1v) is 8.21. The molecule has 0 saturated heterocycles. The van der Waals surface area contributed by atoms with Crippen LogP contribution in [-0.2, 0) is 20.1 Å². The fourth-order valence-corrected chi connectivity index (χ4v) is 2.90. The summed E-state index contributed by atoms with van der Waals surface area (Å²) in [4.78, 5) is 19.1. The molecule has 0 atom stereocenters. The van der Waals surface area contributed by atoms with Crippen molar-refractivity contribution in [2.75, 3.05) is 7.05 Å². The van der Waals surface area contributed by atoms with E-state index in [4.69, 9.17) is 0 Å². The number of para-hydroxylation sites is 2. The van der Waals surface area contributed by atoms with Crippen LogP contribution in [0.25, 0.3) is 11.0 Å². The highest BCUT2D eigenvalue weighted by Gasteiger charge is 2.19. The number of amides is 1. The van der Waals surface area contributed by atoms with E-state index >= 15 is 0 Å². The Labute approximate surface area is 141 Å². The van der Waals surface area contributed by atoms with E-state index in [9.17, 15) is 4.79 Å². The molecule has 0 saturated carbocycles. The first-order valence-electron chi connectivity index (χ1n) is 8.21. The normalized spacial score (nSPS) is 11.2. The van der Waals surface area contributed by atoms with E-state index in [1.807, 2.05) is 53.7 Å². The van der Waals surface area contributed by atoms with Crippen LogP contribution < -0.4 is 0 Å². The summed E-state index contributed by atoms with van der Waals surface area (Å²) in [6.45, 7) is 5.25. The topological polar surface area (TPSA) is 56.0 Å². The fraction of sp³-hybridized carbons (Fsp3) is 0.389. The highest BCUT2D eigenvalue weighted by atomic mass is 16.2. The molecule has 3 aromatic rings. The van der Waals surface area contributed by atoms with E-state index < -0.39 is 0 Å². The maximum atomic E-state index is 12.7. The summed E-state index contributed by atoms with van der Waals surface area (Å²) in [6, 6.07) is 7.99. The molecule has 0 radical (unpaired) electrons. The SMILES string of the molecule is CCCn1cc(C(=O)N(C)Cc2nc3ccccc3n2C)c(C)n1. The number of hydrogen-bond donors (Lipinski definition) is 0. The number of aryl methyl sites for hydroxylation is 3. The smallest absolute Gasteiger partial charge is 0.257 e. The minimum Gasteiger partial charge on any atom is -0.334 e. The molecule has 2 heterocycles. The van der Waals surface area contributed by atoms with Gasteiger partial charge < -0.3 is 9.47 Å². The molecule has 24 heavy (non-hydrogen) atoms. The third-order valence-electron chi connectivity index (χ3n) is 4.23. The van der Waals surface area contributed by atoms with Crippen molar-refractivity contribution in [2.45, 2.75) is 33.4 Å². The number of hydrogen-bond acceptors (Lipinski definition) is 3. The predicted molar refractivity (Wildman–Crippen MR) is 93.8 cm³/mol. The number of carbonyl (C=O) groups excluding carboxylic acids is 1. The molecule has 2 aromatic heterocycles. The van der Waals surface area contributed by atoms with E-state index in [0.717, 1.165) is 35.5 Å². The number of carbonyl (C=O) groups is 1. The van der Waals surface area contributed by atoms with Gasteiger partial charge in [-0.1, -0.05) is 19.1 Å². The summed E-state index contributed by atoms with van der Waals surface area (Å²) in [5.74, 6) is 0.840. The number of nitrogens with zero attached hydrogens (tertiary/aromatic N) is 5. The van der Waals surface area contributed by atoms with E-state index in [0.29, 0.717) is 12.1 Å². The minimum absolute atomic E-state index is 0.0260. The number of fused-ring (bicyclic) bond motifs is 1. The van der Waals surface area contributed by atoms with Gasteiger partial charge in [0, 0.05) is 26.8 Å². The lowest BCUT2D eigenvalue weighted by atomic mass is 10.2. The Bertz CT molecular complexity index is 877. The number of benzene rings is 1. The van der Waals surface area contributed by atoms with Gasteiger partial charge in [-0.25, -0.2) is 4.98 Å². The maximum Gasteiger partial charge on any atom is 0.257 e. The van der Waals surface area contributed by atoms with E-state index in [1.165, 1.54) is 0 Å². The largest absolute Gasteiger partial charge is 0.334 e. The standard InChI is InChI=1S/C18H23N5O/c1-5-10-23-11-14(13(2)20-23)18(24)21(3)12-17-19-15-8-6-7-9-16(15)22(17)4/h6-9,11H,5,10,12H2,1-4H3. The van der Waals surface area contributed by atoms with Crippen LogP contribution in [0.3, 0.4) is 0 Å². The molecule has 3 rings (SSSR count). The quantitative estimate of drug-likeness (QED) is 0.725. The lowest BCUT2D eigenvalue weighted by molar-refractivity contribution is 0.0780. The molecule has 0 N–H and O–H groups in total. The summed E-state index contributed by atoms with van der Waals surface area (Å²) in [7, 11) is 3.78. The van der Waals surface area contributed by atoms with Crippen LogP contribution in [0.15, 0.2) is 30.5 Å². The Kier molecular flexibility index (Phi) is 4.38. The van der Waals surface area contributed by atoms with Gasteiger partial charge in [0.1, 0.15) is 5.82 Å². The second-order valence-corrected chi connectivity index (χ2v) is 6.13. The van der Waals surface area contributed by atoms with Crippen molar-refractivity contribution in [2.24, 2.45) is 7.05 Å². The zero-order valence-corrected chi connectivity index (χ0v) is 14.7. The first kappa shape index (κ1) is 16.2. The van der Waals surface area contributed by atoms with Crippen LogP contribution in [-0.4, -0.2) is 37.2 Å². The van der Waals surface area contributed by atoms with Gasteiger partial charge in [-0.3, -0.25) is 9.48 Å². The predicted octanol–water partition coefficient (Wildman–Crippen LogP) is 2.76. The van der Waals surface area contributed by atoms with Gasteiger partial charge in [-0.2, -0.15) is 5.10 Å². The third-order valence-corrected chi connectivity index (χ3v) is 4.23. The maximum absolute atomic E-state index is 12.7. The second kappa shape index (κ2) is 6.47. The summed E-state index contributed by atoms with van der Waals surface area (Å²) < 4.78 is 3.87. The molecule has 1 aromatic carbocycles. The third kappa shape index (κ3) is 2.91. The van der Waals surface area contributed by atoms with Crippen molar-refractivity contribution in [1.29, 1.82) is 0 Å². The van der Waals surface area contributed by atoms with Crippen molar-refractivity contribution in [3.8, 4) is 0 Å². The van der Waals surface area contributed by atoms with Gasteiger partial charge in [0.15, 0.2) is 0 Å². The van der Waals surface area contributed by atoms with Crippen LogP contribution in [0.1, 0.15) is 35.2 Å². The van der Waals surface area contributed by atoms with Crippen LogP contribution in [0.2, 0.25) is 0 Å². The van der Waals surface area contributed by atoms with Gasteiger partial charge >= 0.3 is 0 Å². The highest BCUT2D eigenvalue weighted by Crippen LogP contribution is 2.16. The van der Waals surface area contributed by atoms with E-state index in [2.05, 4.69) is 17.0 Å². The van der Waals surface area contributed by atoms with Crippen LogP contribution in [0.5, 0.6) is 0 Å². The summed E-state index contributed by atoms with van der Waals surface area (Å²) in [6.07, 6.45) is 2.83. The lowest BCUT2D eigenvalue weighted by Crippen LogP contribution is -2.27. The molecule has 0 fully saturated rings. The number of rotatable bonds is 5. The minimum atomic E-state index is -0.0260. The summed E-state index contributed by atoms with van der Waals surface area (Å²) >= 11 is 0. The lowest BCUT2D eigenvalue weighted by Gasteiger charge is -2.16. The Morgan fingerprint density at radius 2 is 2.04 bits per heavy atom. The van der Waals surface area contributed by atoms with Gasteiger partial charge in [0.25, 0.3) is 5.91 Å². The van der Waals surface area contributed by atoms with E-state index in [1.54, 1.807) is 11.9 Å². The molecule has 0 unspecified atom stereocenters. The van der Waals surface area contributed by atoms with Crippen molar-refractivity contribution in [3.05, 3.63) is 47.5 Å². The molecule has 6 nitrogen and oxygen atoms in total. The zero-order chi connectivity index (χ0) is 17.3. The molecular weight excluding hydrogens is 302 g/mol. The van der Waals surface area contributed by atoms with Crippen molar-refractivity contribution >= 4 is 16.9 Å². The number of imidazole rings is 1. The highest BCUT2D eigenvalue weighted by molar-refractivity contribution is 5.94. The zero-order valence-electron chi connectivity index (χ0n) is 14.7. The molecule has 0 aliphatic heterocycles. The second-order valence-electron chi connectivity index (χ2n) is 6.13. The monoisotopic (exact) mass is 325 g/mol. The van der Waals surface area contributed by atoms with Gasteiger partial charge in [-0.05, 0) is 25.5 Å². The molecule has 0 bridgehead atoms. The Hall–Kier alpha value is -2.63. The molecule has 6 heteroatoms. The first-order chi connectivity index (χ1) is 11.5. The van der Waals surface area contributed by atoms with Crippen LogP contribution in [0, 0.1) is 6.92 Å². The molecular formula is C18H23N5O. The molecule has 126 valence electrons. The van der Waals surface area contributed by atoms with Crippen LogP contribution >= 0.6 is 0 Å². The van der Waals surface area contributed by atoms with Gasteiger partial charge in [0.05, 0.1) is 28.8 Å². The number of aromatic nitrogens is 4. The molecule has 0 spiro atoms. The fourth-order valence-electron chi connectivity index (χ4n) is 2.90. The Balaban J connectivity index is 1.82. The Morgan fingerprint density at radius 3 is 2.75 bits per heavy atom. The molecule has 0 aliphatic rings. The average molecular weight is 325 g/mol. The summed E-state index contributed by atoms with van der Waals surface area (Å²) in [5.41, 5.74) is 3.44. The molecule has 1 amide bonds. The van der Waals surface area contributed by atoms with Gasteiger partial charge in [-0.15, -0.1) is 0 Å². The van der Waals surface area contributed by atoms with Gasteiger partial charge in [0.2, 0.25) is 0 Å². The Morgan fingerprint density at radius 1 is 1.29 bits per heavy atom. The van der Waals surface area contributed by atoms with Crippen molar-refractivity contribution in [3.63, 3.8) is 0 Å². The van der Waals surface area contributed by atoms with E-state index in [-0.39, 0.29) is 5.91 Å².